The minimum atomic E-state index is -1.59. The van der Waals surface area contributed by atoms with E-state index < -0.39 is 47.0 Å². The highest BCUT2D eigenvalue weighted by molar-refractivity contribution is 14.1. The fourth-order valence-electron chi connectivity index (χ4n) is 3.45. The van der Waals surface area contributed by atoms with E-state index in [2.05, 4.69) is 33.2 Å². The van der Waals surface area contributed by atoms with E-state index in [-0.39, 0.29) is 12.5 Å². The van der Waals surface area contributed by atoms with E-state index in [4.69, 9.17) is 18.9 Å². The predicted octanol–water partition coefficient (Wildman–Crippen LogP) is 6.01. The number of halogens is 1. The SMILES string of the molecule is CC(C)(C)OC(=O)N[C@H](C(=O)OC(C)(C)C)[C@H](OCc1cccc(NC(=O)c2ccc(I)cc2)c1)C(=O)OC(C)(C)C. The molecule has 42 heavy (non-hydrogen) atoms. The molecule has 0 saturated carbocycles. The van der Waals surface area contributed by atoms with Crippen LogP contribution in [0.25, 0.3) is 0 Å². The second-order valence-electron chi connectivity index (χ2n) is 12.6. The molecular weight excluding hydrogens is 655 g/mol. The van der Waals surface area contributed by atoms with E-state index >= 15 is 0 Å². The number of amides is 2. The third-order valence-electron chi connectivity index (χ3n) is 5.00. The summed E-state index contributed by atoms with van der Waals surface area (Å²) in [5.41, 5.74) is -1.12. The number of ether oxygens (including phenoxy) is 4. The molecule has 2 atom stereocenters. The van der Waals surface area contributed by atoms with Gasteiger partial charge in [-0.2, -0.15) is 0 Å². The second kappa shape index (κ2) is 14.3. The highest BCUT2D eigenvalue weighted by Gasteiger charge is 2.42. The largest absolute Gasteiger partial charge is 0.458 e. The molecule has 0 unspecified atom stereocenters. The lowest BCUT2D eigenvalue weighted by Gasteiger charge is -2.31. The Morgan fingerprint density at radius 2 is 1.31 bits per heavy atom. The molecule has 2 rings (SSSR count). The summed E-state index contributed by atoms with van der Waals surface area (Å²) in [4.78, 5) is 52.0. The Bertz CT molecular complexity index is 1260. The monoisotopic (exact) mass is 696 g/mol. The molecule has 2 aromatic carbocycles. The molecule has 0 spiro atoms. The van der Waals surface area contributed by atoms with Crippen molar-refractivity contribution in [1.29, 1.82) is 0 Å². The molecule has 0 bridgehead atoms. The van der Waals surface area contributed by atoms with Crippen LogP contribution in [0.15, 0.2) is 48.5 Å². The van der Waals surface area contributed by atoms with Gasteiger partial charge < -0.3 is 29.6 Å². The maximum absolute atomic E-state index is 13.3. The van der Waals surface area contributed by atoms with Crippen molar-refractivity contribution in [3.8, 4) is 0 Å². The van der Waals surface area contributed by atoms with Crippen molar-refractivity contribution in [2.45, 2.75) is 97.9 Å². The van der Waals surface area contributed by atoms with E-state index in [1.54, 1.807) is 98.7 Å². The molecule has 0 aromatic heterocycles. The Morgan fingerprint density at radius 1 is 0.762 bits per heavy atom. The maximum Gasteiger partial charge on any atom is 0.408 e. The summed E-state index contributed by atoms with van der Waals surface area (Å²) >= 11 is 2.16. The van der Waals surface area contributed by atoms with Gasteiger partial charge in [-0.3, -0.25) is 4.79 Å². The van der Waals surface area contributed by atoms with Gasteiger partial charge in [0.2, 0.25) is 0 Å². The van der Waals surface area contributed by atoms with Gasteiger partial charge in [0.1, 0.15) is 16.8 Å². The van der Waals surface area contributed by atoms with E-state index in [9.17, 15) is 19.2 Å². The van der Waals surface area contributed by atoms with Crippen LogP contribution in [-0.4, -0.2) is 52.9 Å². The normalized spacial score (nSPS) is 13.4. The number of hydrogen-bond donors (Lipinski definition) is 2. The van der Waals surface area contributed by atoms with Gasteiger partial charge in [-0.05, 0) is 127 Å². The first-order valence-corrected chi connectivity index (χ1v) is 14.5. The number of rotatable bonds is 9. The standard InChI is InChI=1S/C31H41IN2O8/c1-29(2,3)40-26(36)23(34-28(38)42-31(7,8)9)24(27(37)41-30(4,5)6)39-18-19-11-10-12-22(17-19)33-25(35)20-13-15-21(32)16-14-20/h10-17,23-24H,18H2,1-9H3,(H,33,35)(H,34,38)/t23-,24-/m0/s1. The lowest BCUT2D eigenvalue weighted by atomic mass is 10.1. The van der Waals surface area contributed by atoms with E-state index in [1.807, 2.05) is 12.1 Å². The van der Waals surface area contributed by atoms with Crippen molar-refractivity contribution in [2.75, 3.05) is 5.32 Å². The third-order valence-corrected chi connectivity index (χ3v) is 5.71. The molecule has 2 aromatic rings. The van der Waals surface area contributed by atoms with Crippen LogP contribution in [-0.2, 0) is 35.1 Å². The van der Waals surface area contributed by atoms with E-state index in [0.717, 1.165) is 3.57 Å². The summed E-state index contributed by atoms with van der Waals surface area (Å²) < 4.78 is 23.4. The summed E-state index contributed by atoms with van der Waals surface area (Å²) in [7, 11) is 0. The molecule has 11 heteroatoms. The Hall–Kier alpha value is -3.19. The maximum atomic E-state index is 13.3. The molecule has 0 heterocycles. The number of anilines is 1. The van der Waals surface area contributed by atoms with Gasteiger partial charge >= 0.3 is 18.0 Å². The molecule has 0 saturated heterocycles. The van der Waals surface area contributed by atoms with Crippen LogP contribution in [0.4, 0.5) is 10.5 Å². The van der Waals surface area contributed by atoms with Gasteiger partial charge in [-0.1, -0.05) is 12.1 Å². The lowest BCUT2D eigenvalue weighted by Crippen LogP contribution is -2.56. The second-order valence-corrected chi connectivity index (χ2v) is 13.8. The van der Waals surface area contributed by atoms with Crippen molar-refractivity contribution in [2.24, 2.45) is 0 Å². The van der Waals surface area contributed by atoms with Gasteiger partial charge in [-0.15, -0.1) is 0 Å². The minimum Gasteiger partial charge on any atom is -0.458 e. The Morgan fingerprint density at radius 3 is 1.86 bits per heavy atom. The predicted molar refractivity (Wildman–Crippen MR) is 167 cm³/mol. The van der Waals surface area contributed by atoms with Crippen LogP contribution < -0.4 is 10.6 Å². The number of carbonyl (C=O) groups is 4. The molecule has 0 aliphatic heterocycles. The quantitative estimate of drug-likeness (QED) is 0.186. The van der Waals surface area contributed by atoms with Crippen LogP contribution in [0, 0.1) is 3.57 Å². The Labute approximate surface area is 261 Å². The average molecular weight is 697 g/mol. The van der Waals surface area contributed by atoms with Gasteiger partial charge in [0.15, 0.2) is 12.1 Å². The van der Waals surface area contributed by atoms with Crippen molar-refractivity contribution < 1.29 is 38.1 Å². The fraction of sp³-hybridized carbons (Fsp3) is 0.484. The molecule has 230 valence electrons. The number of alkyl carbamates (subject to hydrolysis) is 1. The first kappa shape index (κ1) is 35.0. The molecule has 2 N–H and O–H groups in total. The van der Waals surface area contributed by atoms with Crippen LogP contribution in [0.1, 0.15) is 78.2 Å². The zero-order valence-electron chi connectivity index (χ0n) is 25.6. The van der Waals surface area contributed by atoms with Gasteiger partial charge in [0.25, 0.3) is 5.91 Å². The third kappa shape index (κ3) is 12.8. The average Bonchev–Trinajstić information content (AvgIpc) is 2.80. The lowest BCUT2D eigenvalue weighted by molar-refractivity contribution is -0.180. The number of hydrogen-bond acceptors (Lipinski definition) is 8. The van der Waals surface area contributed by atoms with Gasteiger partial charge in [0.05, 0.1) is 6.61 Å². The zero-order valence-corrected chi connectivity index (χ0v) is 27.8. The summed E-state index contributed by atoms with van der Waals surface area (Å²) in [6.45, 7) is 14.8. The van der Waals surface area contributed by atoms with Gasteiger partial charge in [-0.25, -0.2) is 14.4 Å². The molecular formula is C31H41IN2O8. The van der Waals surface area contributed by atoms with Crippen LogP contribution >= 0.6 is 22.6 Å². The Kier molecular flexibility index (Phi) is 11.9. The van der Waals surface area contributed by atoms with Crippen LogP contribution in [0.3, 0.4) is 0 Å². The van der Waals surface area contributed by atoms with E-state index in [1.165, 1.54) is 0 Å². The first-order valence-electron chi connectivity index (χ1n) is 13.5. The highest BCUT2D eigenvalue weighted by atomic mass is 127. The molecule has 10 nitrogen and oxygen atoms in total. The van der Waals surface area contributed by atoms with Crippen LogP contribution in [0.5, 0.6) is 0 Å². The number of carbonyl (C=O) groups excluding carboxylic acids is 4. The fourth-order valence-corrected chi connectivity index (χ4v) is 3.81. The zero-order chi connectivity index (χ0) is 31.9. The molecule has 0 radical (unpaired) electrons. The number of esters is 2. The van der Waals surface area contributed by atoms with Crippen molar-refractivity contribution in [3.05, 3.63) is 63.2 Å². The topological polar surface area (TPSA) is 129 Å². The number of benzene rings is 2. The Balaban J connectivity index is 2.34. The van der Waals surface area contributed by atoms with Crippen molar-refractivity contribution in [1.82, 2.24) is 5.32 Å². The summed E-state index contributed by atoms with van der Waals surface area (Å²) in [6, 6.07) is 12.4. The van der Waals surface area contributed by atoms with E-state index in [0.29, 0.717) is 16.8 Å². The first-order chi connectivity index (χ1) is 19.2. The van der Waals surface area contributed by atoms with Crippen LogP contribution in [0.2, 0.25) is 0 Å². The molecule has 0 aliphatic rings. The van der Waals surface area contributed by atoms with Crippen molar-refractivity contribution in [3.63, 3.8) is 0 Å². The molecule has 2 amide bonds. The minimum absolute atomic E-state index is 0.160. The molecule has 0 fully saturated rings. The molecule has 0 aliphatic carbocycles. The highest BCUT2D eigenvalue weighted by Crippen LogP contribution is 2.20. The summed E-state index contributed by atoms with van der Waals surface area (Å²) in [6.07, 6.45) is -2.52. The van der Waals surface area contributed by atoms with Gasteiger partial charge in [0, 0.05) is 14.8 Å². The smallest absolute Gasteiger partial charge is 0.408 e. The van der Waals surface area contributed by atoms with Crippen molar-refractivity contribution >= 4 is 52.2 Å². The summed E-state index contributed by atoms with van der Waals surface area (Å²) in [5.74, 6) is -2.07. The summed E-state index contributed by atoms with van der Waals surface area (Å²) in [5, 5.41) is 5.28. The number of nitrogens with one attached hydrogen (secondary N) is 2.